The highest BCUT2D eigenvalue weighted by atomic mass is 32.2. The molecule has 0 N–H and O–H groups in total. The van der Waals surface area contributed by atoms with Crippen LogP contribution in [0, 0.1) is 10.1 Å². The number of nitro benzene ring substituents is 1. The van der Waals surface area contributed by atoms with Crippen molar-refractivity contribution < 1.29 is 23.2 Å². The van der Waals surface area contributed by atoms with Crippen molar-refractivity contribution in [2.45, 2.75) is 9.79 Å². The normalized spacial score (nSPS) is 13.8. The van der Waals surface area contributed by atoms with E-state index in [1.807, 2.05) is 0 Å². The second-order valence-corrected chi connectivity index (χ2v) is 6.00. The van der Waals surface area contributed by atoms with Gasteiger partial charge in [-0.15, -0.1) is 0 Å². The van der Waals surface area contributed by atoms with Crippen LogP contribution in [0.15, 0.2) is 28.0 Å². The molecule has 0 aliphatic carbocycles. The Labute approximate surface area is 107 Å². The van der Waals surface area contributed by atoms with Gasteiger partial charge in [-0.05, 0) is 12.1 Å². The first-order valence-electron chi connectivity index (χ1n) is 4.53. The van der Waals surface area contributed by atoms with Gasteiger partial charge in [0.1, 0.15) is 4.90 Å². The number of carboxylic acid groups (broad SMARTS) is 1. The lowest BCUT2D eigenvalue weighted by Gasteiger charge is -2.05. The molecule has 0 aromatic heterocycles. The predicted octanol–water partition coefficient (Wildman–Crippen LogP) is -0.810. The maximum Gasteiger partial charge on any atom is 0.286 e. The van der Waals surface area contributed by atoms with Gasteiger partial charge in [-0.25, -0.2) is 0 Å². The summed E-state index contributed by atoms with van der Waals surface area (Å²) < 4.78 is 22.8. The van der Waals surface area contributed by atoms with E-state index in [2.05, 4.69) is 0 Å². The molecule has 9 heteroatoms. The lowest BCUT2D eigenvalue weighted by molar-refractivity contribution is -0.388. The first-order chi connectivity index (χ1) is 8.32. The topological polar surface area (TPSA) is 117 Å². The molecule has 7 nitrogen and oxygen atoms in total. The van der Waals surface area contributed by atoms with Gasteiger partial charge in [0.05, 0.1) is 38.2 Å². The van der Waals surface area contributed by atoms with E-state index < -0.39 is 43.9 Å². The van der Waals surface area contributed by atoms with E-state index in [1.54, 1.807) is 0 Å². The third-order valence-electron chi connectivity index (χ3n) is 1.95. The molecule has 0 aliphatic rings. The summed E-state index contributed by atoms with van der Waals surface area (Å²) in [5.41, 5.74) is -0.512. The van der Waals surface area contributed by atoms with Crippen molar-refractivity contribution in [1.82, 2.24) is 0 Å². The zero-order valence-corrected chi connectivity index (χ0v) is 10.8. The van der Waals surface area contributed by atoms with Crippen LogP contribution >= 0.6 is 0 Å². The van der Waals surface area contributed by atoms with Crippen LogP contribution in [0.5, 0.6) is 0 Å². The van der Waals surface area contributed by atoms with Crippen molar-refractivity contribution in [1.29, 1.82) is 0 Å². The van der Waals surface area contributed by atoms with Gasteiger partial charge in [0.2, 0.25) is 0 Å². The smallest absolute Gasteiger partial charge is 0.286 e. The summed E-state index contributed by atoms with van der Waals surface area (Å²) in [7, 11) is -3.49. The van der Waals surface area contributed by atoms with Crippen LogP contribution in [0.1, 0.15) is 0 Å². The van der Waals surface area contributed by atoms with Crippen molar-refractivity contribution in [2.75, 3.05) is 12.0 Å². The van der Waals surface area contributed by atoms with Crippen LogP contribution in [0.2, 0.25) is 0 Å². The van der Waals surface area contributed by atoms with E-state index in [0.717, 1.165) is 12.1 Å². The maximum atomic E-state index is 11.6. The van der Waals surface area contributed by atoms with Crippen LogP contribution in [0.3, 0.4) is 0 Å². The third-order valence-corrected chi connectivity index (χ3v) is 4.20. The molecule has 18 heavy (non-hydrogen) atoms. The second-order valence-electron chi connectivity index (χ2n) is 3.20. The average molecular weight is 290 g/mol. The Hall–Kier alpha value is -1.61. The number of aliphatic carboxylic acids is 1. The zero-order valence-electron chi connectivity index (χ0n) is 9.15. The van der Waals surface area contributed by atoms with E-state index >= 15 is 0 Å². The highest BCUT2D eigenvalue weighted by Gasteiger charge is 2.20. The van der Waals surface area contributed by atoms with E-state index in [4.69, 9.17) is 0 Å². The molecule has 1 rings (SSSR count). The number of carboxylic acids is 1. The molecule has 1 aromatic carbocycles. The first-order valence-corrected chi connectivity index (χ1v) is 7.40. The molecule has 1 aromatic rings. The van der Waals surface area contributed by atoms with Gasteiger partial charge >= 0.3 is 0 Å². The largest absolute Gasteiger partial charge is 0.549 e. The molecule has 0 heterocycles. The third kappa shape index (κ3) is 3.44. The summed E-state index contributed by atoms with van der Waals surface area (Å²) in [6, 6.07) is 3.48. The lowest BCUT2D eigenvalue weighted by atomic mass is 10.3. The Morgan fingerprint density at radius 1 is 1.39 bits per heavy atom. The molecule has 0 saturated heterocycles. The molecule has 0 spiro atoms. The molecule has 0 bridgehead atoms. The van der Waals surface area contributed by atoms with Crippen molar-refractivity contribution in [3.63, 3.8) is 0 Å². The minimum absolute atomic E-state index is 0.205. The van der Waals surface area contributed by atoms with Gasteiger partial charge in [0, 0.05) is 17.2 Å². The van der Waals surface area contributed by atoms with Crippen LogP contribution in [-0.4, -0.2) is 31.3 Å². The highest BCUT2D eigenvalue weighted by molar-refractivity contribution is 7.86. The van der Waals surface area contributed by atoms with Crippen LogP contribution in [0.4, 0.5) is 5.69 Å². The fraction of sp³-hybridized carbons (Fsp3) is 0.222. The summed E-state index contributed by atoms with van der Waals surface area (Å²) in [5, 5.41) is 21.1. The van der Waals surface area contributed by atoms with Crippen LogP contribution in [-0.2, 0) is 26.4 Å². The molecular weight excluding hydrogens is 282 g/mol. The molecule has 0 unspecified atom stereocenters. The van der Waals surface area contributed by atoms with Gasteiger partial charge in [-0.2, -0.15) is 0 Å². The van der Waals surface area contributed by atoms with Crippen molar-refractivity contribution in [3.05, 3.63) is 28.3 Å². The number of rotatable bonds is 5. The first kappa shape index (κ1) is 14.5. The molecular formula is C9H8NO6S2-. The predicted molar refractivity (Wildman–Crippen MR) is 61.7 cm³/mol. The molecule has 0 amide bonds. The average Bonchev–Trinajstić information content (AvgIpc) is 2.26. The quantitative estimate of drug-likeness (QED) is 0.517. The van der Waals surface area contributed by atoms with Crippen molar-refractivity contribution >= 4 is 33.3 Å². The number of hydrogen-bond donors (Lipinski definition) is 0. The SMILES string of the molecule is C[S@@](=O)c1ccc([S@@](=O)CC(=O)[O-])c([N+](=O)[O-])c1. The van der Waals surface area contributed by atoms with E-state index in [1.165, 1.54) is 12.3 Å². The van der Waals surface area contributed by atoms with E-state index in [9.17, 15) is 28.4 Å². The Balaban J connectivity index is 3.27. The number of carbonyl (C=O) groups excluding carboxylic acids is 1. The molecule has 0 radical (unpaired) electrons. The van der Waals surface area contributed by atoms with Crippen LogP contribution in [0.25, 0.3) is 0 Å². The molecule has 0 aliphatic heterocycles. The Morgan fingerprint density at radius 2 is 2.00 bits per heavy atom. The molecule has 0 fully saturated rings. The molecule has 2 atom stereocenters. The summed E-state index contributed by atoms with van der Waals surface area (Å²) in [6.45, 7) is 0. The van der Waals surface area contributed by atoms with E-state index in [-0.39, 0.29) is 9.79 Å². The van der Waals surface area contributed by atoms with Gasteiger partial charge in [-0.1, -0.05) is 0 Å². The van der Waals surface area contributed by atoms with E-state index in [0.29, 0.717) is 0 Å². The maximum absolute atomic E-state index is 11.6. The summed E-state index contributed by atoms with van der Waals surface area (Å²) in [6.07, 6.45) is 1.34. The Bertz CT molecular complexity index is 556. The van der Waals surface area contributed by atoms with Crippen molar-refractivity contribution in [3.8, 4) is 0 Å². The molecule has 98 valence electrons. The number of nitro groups is 1. The Kier molecular flexibility index (Phi) is 4.68. The second kappa shape index (κ2) is 5.83. The molecule has 0 saturated carbocycles. The fourth-order valence-corrected chi connectivity index (χ4v) is 2.69. The highest BCUT2D eigenvalue weighted by Crippen LogP contribution is 2.25. The summed E-state index contributed by atoms with van der Waals surface area (Å²) >= 11 is 0. The number of hydrogen-bond acceptors (Lipinski definition) is 6. The van der Waals surface area contributed by atoms with Crippen molar-refractivity contribution in [2.24, 2.45) is 0 Å². The minimum Gasteiger partial charge on any atom is -0.549 e. The summed E-state index contributed by atoms with van der Waals surface area (Å²) in [5.74, 6) is -2.39. The zero-order chi connectivity index (χ0) is 13.9. The number of nitrogens with zero attached hydrogens (tertiary/aromatic N) is 1. The van der Waals surface area contributed by atoms with Gasteiger partial charge in [0.15, 0.2) is 0 Å². The number of carbonyl (C=O) groups is 1. The van der Waals surface area contributed by atoms with Gasteiger partial charge in [0.25, 0.3) is 5.69 Å². The number of benzene rings is 1. The minimum atomic E-state index is -2.07. The van der Waals surface area contributed by atoms with Gasteiger partial charge < -0.3 is 9.90 Å². The fourth-order valence-electron chi connectivity index (χ4n) is 1.20. The summed E-state index contributed by atoms with van der Waals surface area (Å²) in [4.78, 5) is 20.3. The van der Waals surface area contributed by atoms with Gasteiger partial charge in [-0.3, -0.25) is 18.5 Å². The van der Waals surface area contributed by atoms with Crippen LogP contribution < -0.4 is 5.11 Å². The Morgan fingerprint density at radius 3 is 2.44 bits per heavy atom. The monoisotopic (exact) mass is 290 g/mol. The lowest BCUT2D eigenvalue weighted by Crippen LogP contribution is -2.28. The standard InChI is InChI=1S/C9H9NO6S2/c1-17(15)6-2-3-8(7(4-6)10(13)14)18(16)5-9(11)12/h2-4H,5H2,1H3,(H,11,12)/p-1/t17-,18+/m1/s1.